The van der Waals surface area contributed by atoms with Crippen LogP contribution in [0.2, 0.25) is 0 Å². The number of ether oxygens (including phenoxy) is 1. The van der Waals surface area contributed by atoms with E-state index in [0.29, 0.717) is 11.3 Å². The summed E-state index contributed by atoms with van der Waals surface area (Å²) in [4.78, 5) is 0. The van der Waals surface area contributed by atoms with Gasteiger partial charge in [-0.1, -0.05) is 12.1 Å². The second-order valence-electron chi connectivity index (χ2n) is 4.14. The summed E-state index contributed by atoms with van der Waals surface area (Å²) in [6.45, 7) is -0.0187. The summed E-state index contributed by atoms with van der Waals surface area (Å²) in [5.41, 5.74) is -0.697. The Hall–Kier alpha value is -2.37. The van der Waals surface area contributed by atoms with Gasteiger partial charge < -0.3 is 14.9 Å². The standard InChI is InChI=1S/C14H11F3O3/c15-14(16,17)12-5-4-9(6-13(12)19)8-20-11-3-1-2-10(18)7-11/h1-7,18-19H,8H2. The summed E-state index contributed by atoms with van der Waals surface area (Å²) in [5, 5.41) is 18.6. The summed E-state index contributed by atoms with van der Waals surface area (Å²) in [6, 6.07) is 9.06. The van der Waals surface area contributed by atoms with Crippen molar-refractivity contribution in [3.63, 3.8) is 0 Å². The molecule has 6 heteroatoms. The van der Waals surface area contributed by atoms with E-state index in [4.69, 9.17) is 4.74 Å². The minimum Gasteiger partial charge on any atom is -0.508 e. The predicted octanol–water partition coefficient (Wildman–Crippen LogP) is 3.70. The van der Waals surface area contributed by atoms with E-state index in [1.165, 1.54) is 18.2 Å². The lowest BCUT2D eigenvalue weighted by Gasteiger charge is -2.11. The van der Waals surface area contributed by atoms with Crippen LogP contribution in [0.4, 0.5) is 13.2 Å². The van der Waals surface area contributed by atoms with E-state index < -0.39 is 17.5 Å². The fourth-order valence-corrected chi connectivity index (χ4v) is 1.65. The van der Waals surface area contributed by atoms with Gasteiger partial charge >= 0.3 is 6.18 Å². The maximum atomic E-state index is 12.5. The maximum Gasteiger partial charge on any atom is 0.419 e. The molecule has 0 radical (unpaired) electrons. The number of phenols is 2. The van der Waals surface area contributed by atoms with Crippen molar-refractivity contribution in [2.24, 2.45) is 0 Å². The Kier molecular flexibility index (Phi) is 3.74. The summed E-state index contributed by atoms with van der Waals surface area (Å²) < 4.78 is 42.7. The van der Waals surface area contributed by atoms with Crippen LogP contribution in [-0.2, 0) is 12.8 Å². The number of phenolic OH excluding ortho intramolecular Hbond substituents is 2. The molecule has 2 aromatic rings. The largest absolute Gasteiger partial charge is 0.508 e. The Bertz CT molecular complexity index is 609. The lowest BCUT2D eigenvalue weighted by atomic mass is 10.1. The first-order valence-electron chi connectivity index (χ1n) is 5.67. The monoisotopic (exact) mass is 284 g/mol. The molecule has 0 saturated carbocycles. The molecular weight excluding hydrogens is 273 g/mol. The summed E-state index contributed by atoms with van der Waals surface area (Å²) >= 11 is 0. The second-order valence-corrected chi connectivity index (χ2v) is 4.14. The number of halogens is 3. The van der Waals surface area contributed by atoms with Crippen LogP contribution in [-0.4, -0.2) is 10.2 Å². The first kappa shape index (κ1) is 14.0. The molecule has 2 rings (SSSR count). The van der Waals surface area contributed by atoms with Gasteiger partial charge in [0.1, 0.15) is 23.9 Å². The normalized spacial score (nSPS) is 11.3. The number of benzene rings is 2. The third kappa shape index (κ3) is 3.34. The third-order valence-electron chi connectivity index (χ3n) is 2.59. The van der Waals surface area contributed by atoms with Crippen molar-refractivity contribution in [1.29, 1.82) is 0 Å². The van der Waals surface area contributed by atoms with Gasteiger partial charge in [-0.05, 0) is 29.8 Å². The minimum absolute atomic E-state index is 0.0187. The van der Waals surface area contributed by atoms with Gasteiger partial charge in [0.25, 0.3) is 0 Å². The van der Waals surface area contributed by atoms with E-state index >= 15 is 0 Å². The Balaban J connectivity index is 2.10. The topological polar surface area (TPSA) is 49.7 Å². The molecular formula is C14H11F3O3. The van der Waals surface area contributed by atoms with E-state index in [1.807, 2.05) is 0 Å². The van der Waals surface area contributed by atoms with Crippen molar-refractivity contribution in [3.8, 4) is 17.2 Å². The second kappa shape index (κ2) is 5.32. The number of alkyl halides is 3. The zero-order chi connectivity index (χ0) is 14.8. The Morgan fingerprint density at radius 2 is 1.75 bits per heavy atom. The smallest absolute Gasteiger partial charge is 0.419 e. The molecule has 0 amide bonds. The van der Waals surface area contributed by atoms with E-state index in [0.717, 1.165) is 12.1 Å². The molecule has 2 aromatic carbocycles. The summed E-state index contributed by atoms with van der Waals surface area (Å²) in [7, 11) is 0. The van der Waals surface area contributed by atoms with Crippen LogP contribution < -0.4 is 4.74 Å². The lowest BCUT2D eigenvalue weighted by Crippen LogP contribution is -2.06. The predicted molar refractivity (Wildman–Crippen MR) is 65.5 cm³/mol. The van der Waals surface area contributed by atoms with E-state index in [-0.39, 0.29) is 12.4 Å². The molecule has 20 heavy (non-hydrogen) atoms. The molecule has 0 bridgehead atoms. The molecule has 0 aliphatic heterocycles. The molecule has 0 saturated heterocycles. The summed E-state index contributed by atoms with van der Waals surface area (Å²) in [6.07, 6.45) is -4.59. The fourth-order valence-electron chi connectivity index (χ4n) is 1.65. The van der Waals surface area contributed by atoms with Crippen molar-refractivity contribution in [2.75, 3.05) is 0 Å². The molecule has 0 spiro atoms. The maximum absolute atomic E-state index is 12.5. The highest BCUT2D eigenvalue weighted by Crippen LogP contribution is 2.36. The van der Waals surface area contributed by atoms with Crippen LogP contribution in [0.25, 0.3) is 0 Å². The molecule has 0 aliphatic rings. The molecule has 106 valence electrons. The summed E-state index contributed by atoms with van der Waals surface area (Å²) in [5.74, 6) is -0.434. The highest BCUT2D eigenvalue weighted by Gasteiger charge is 2.33. The number of aromatic hydroxyl groups is 2. The zero-order valence-electron chi connectivity index (χ0n) is 10.2. The van der Waals surface area contributed by atoms with Gasteiger partial charge in [-0.15, -0.1) is 0 Å². The molecule has 0 heterocycles. The number of hydrogen-bond acceptors (Lipinski definition) is 3. The van der Waals surface area contributed by atoms with Crippen molar-refractivity contribution in [3.05, 3.63) is 53.6 Å². The molecule has 0 aliphatic carbocycles. The minimum atomic E-state index is -4.59. The molecule has 2 N–H and O–H groups in total. The molecule has 0 aromatic heterocycles. The van der Waals surface area contributed by atoms with Crippen LogP contribution in [0.1, 0.15) is 11.1 Å². The first-order valence-corrected chi connectivity index (χ1v) is 5.67. The molecule has 0 atom stereocenters. The first-order chi connectivity index (χ1) is 9.36. The number of hydrogen-bond donors (Lipinski definition) is 2. The van der Waals surface area contributed by atoms with Gasteiger partial charge in [-0.25, -0.2) is 0 Å². The average Bonchev–Trinajstić information content (AvgIpc) is 2.35. The average molecular weight is 284 g/mol. The van der Waals surface area contributed by atoms with Crippen LogP contribution in [0.5, 0.6) is 17.2 Å². The quantitative estimate of drug-likeness (QED) is 0.903. The van der Waals surface area contributed by atoms with E-state index in [2.05, 4.69) is 0 Å². The number of rotatable bonds is 3. The van der Waals surface area contributed by atoms with Gasteiger partial charge in [-0.3, -0.25) is 0 Å². The molecule has 3 nitrogen and oxygen atoms in total. The van der Waals surface area contributed by atoms with E-state index in [9.17, 15) is 23.4 Å². The van der Waals surface area contributed by atoms with E-state index in [1.54, 1.807) is 12.1 Å². The van der Waals surface area contributed by atoms with Crippen molar-refractivity contribution in [1.82, 2.24) is 0 Å². The van der Waals surface area contributed by atoms with Crippen LogP contribution in [0, 0.1) is 0 Å². The zero-order valence-corrected chi connectivity index (χ0v) is 10.2. The lowest BCUT2D eigenvalue weighted by molar-refractivity contribution is -0.138. The highest BCUT2D eigenvalue weighted by molar-refractivity contribution is 5.38. The van der Waals surface area contributed by atoms with Crippen LogP contribution in [0.15, 0.2) is 42.5 Å². The van der Waals surface area contributed by atoms with Crippen LogP contribution in [0.3, 0.4) is 0 Å². The Morgan fingerprint density at radius 3 is 2.35 bits per heavy atom. The van der Waals surface area contributed by atoms with Gasteiger partial charge in [0.2, 0.25) is 0 Å². The van der Waals surface area contributed by atoms with Crippen LogP contribution >= 0.6 is 0 Å². The Morgan fingerprint density at radius 1 is 1.00 bits per heavy atom. The Labute approximate surface area is 112 Å². The van der Waals surface area contributed by atoms with Gasteiger partial charge in [-0.2, -0.15) is 13.2 Å². The van der Waals surface area contributed by atoms with Gasteiger partial charge in [0.15, 0.2) is 0 Å². The van der Waals surface area contributed by atoms with Crippen molar-refractivity contribution in [2.45, 2.75) is 12.8 Å². The molecule has 0 unspecified atom stereocenters. The third-order valence-corrected chi connectivity index (χ3v) is 2.59. The SMILES string of the molecule is Oc1cccc(OCc2ccc(C(F)(F)F)c(O)c2)c1. The van der Waals surface area contributed by atoms with Gasteiger partial charge in [0.05, 0.1) is 5.56 Å². The van der Waals surface area contributed by atoms with Crippen molar-refractivity contribution < 1.29 is 28.1 Å². The van der Waals surface area contributed by atoms with Crippen molar-refractivity contribution >= 4 is 0 Å². The van der Waals surface area contributed by atoms with Gasteiger partial charge in [0, 0.05) is 6.07 Å². The molecule has 0 fully saturated rings. The highest BCUT2D eigenvalue weighted by atomic mass is 19.4. The fraction of sp³-hybridized carbons (Fsp3) is 0.143.